The van der Waals surface area contributed by atoms with Crippen molar-refractivity contribution in [2.75, 3.05) is 18.5 Å². The first kappa shape index (κ1) is 15.9. The molecule has 5 heteroatoms. The van der Waals surface area contributed by atoms with E-state index >= 15 is 0 Å². The number of aryl methyl sites for hydroxylation is 2. The molecule has 5 nitrogen and oxygen atoms in total. The van der Waals surface area contributed by atoms with Gasteiger partial charge in [-0.15, -0.1) is 0 Å². The van der Waals surface area contributed by atoms with E-state index < -0.39 is 11.8 Å². The Bertz CT molecular complexity index is 857. The monoisotopic (exact) mass is 322 g/mol. The Hall–Kier alpha value is -2.95. The highest BCUT2D eigenvalue weighted by Crippen LogP contribution is 2.24. The summed E-state index contributed by atoms with van der Waals surface area (Å²) >= 11 is 0. The maximum absolute atomic E-state index is 12.5. The van der Waals surface area contributed by atoms with Crippen LogP contribution in [0.4, 0.5) is 5.69 Å². The Morgan fingerprint density at radius 3 is 2.33 bits per heavy atom. The second-order valence-electron chi connectivity index (χ2n) is 6.04. The van der Waals surface area contributed by atoms with Gasteiger partial charge in [0.15, 0.2) is 0 Å². The minimum Gasteiger partial charge on any atom is -0.314 e. The Morgan fingerprint density at radius 2 is 1.62 bits per heavy atom. The van der Waals surface area contributed by atoms with E-state index in [1.165, 1.54) is 4.90 Å². The lowest BCUT2D eigenvalue weighted by atomic mass is 10.1. The SMILES string of the molecule is Cc1cccc(N(C)C(=O)CN2C(=O)c3ccc(C)cc3C2=O)c1. The van der Waals surface area contributed by atoms with Crippen molar-refractivity contribution in [3.8, 4) is 0 Å². The van der Waals surface area contributed by atoms with E-state index in [0.717, 1.165) is 21.7 Å². The van der Waals surface area contributed by atoms with Crippen LogP contribution in [-0.4, -0.2) is 36.2 Å². The fourth-order valence-corrected chi connectivity index (χ4v) is 2.77. The molecule has 0 fully saturated rings. The van der Waals surface area contributed by atoms with Crippen LogP contribution in [-0.2, 0) is 4.79 Å². The first-order valence-electron chi connectivity index (χ1n) is 7.68. The van der Waals surface area contributed by atoms with Crippen LogP contribution >= 0.6 is 0 Å². The van der Waals surface area contributed by atoms with E-state index in [0.29, 0.717) is 11.1 Å². The fraction of sp³-hybridized carbons (Fsp3) is 0.211. The molecule has 1 heterocycles. The molecule has 3 amide bonds. The number of likely N-dealkylation sites (N-methyl/N-ethyl adjacent to an activating group) is 1. The molecule has 0 aromatic heterocycles. The summed E-state index contributed by atoms with van der Waals surface area (Å²) in [5.74, 6) is -1.14. The van der Waals surface area contributed by atoms with Gasteiger partial charge >= 0.3 is 0 Å². The van der Waals surface area contributed by atoms with Crippen molar-refractivity contribution < 1.29 is 14.4 Å². The predicted molar refractivity (Wildman–Crippen MR) is 91.1 cm³/mol. The molecule has 0 atom stereocenters. The summed E-state index contributed by atoms with van der Waals surface area (Å²) in [5.41, 5.74) is 3.39. The third-order valence-electron chi connectivity index (χ3n) is 4.18. The lowest BCUT2D eigenvalue weighted by Crippen LogP contribution is -2.41. The van der Waals surface area contributed by atoms with Crippen molar-refractivity contribution >= 4 is 23.4 Å². The highest BCUT2D eigenvalue weighted by Gasteiger charge is 2.37. The van der Waals surface area contributed by atoms with Crippen molar-refractivity contribution in [1.29, 1.82) is 0 Å². The number of fused-ring (bicyclic) bond motifs is 1. The number of carbonyl (C=O) groups is 3. The van der Waals surface area contributed by atoms with Gasteiger partial charge in [0, 0.05) is 12.7 Å². The molecule has 1 aliphatic rings. The quantitative estimate of drug-likeness (QED) is 0.816. The van der Waals surface area contributed by atoms with E-state index in [1.54, 1.807) is 25.2 Å². The van der Waals surface area contributed by atoms with Crippen molar-refractivity contribution in [2.24, 2.45) is 0 Å². The molecule has 0 unspecified atom stereocenters. The summed E-state index contributed by atoms with van der Waals surface area (Å²) in [6, 6.07) is 12.6. The molecule has 0 spiro atoms. The minimum absolute atomic E-state index is 0.268. The van der Waals surface area contributed by atoms with E-state index in [9.17, 15) is 14.4 Å². The van der Waals surface area contributed by atoms with Crippen LogP contribution in [0.5, 0.6) is 0 Å². The molecule has 0 bridgehead atoms. The third-order valence-corrected chi connectivity index (χ3v) is 4.18. The van der Waals surface area contributed by atoms with Crippen LogP contribution in [0.2, 0.25) is 0 Å². The molecule has 0 aliphatic carbocycles. The van der Waals surface area contributed by atoms with Gasteiger partial charge in [-0.3, -0.25) is 19.3 Å². The van der Waals surface area contributed by atoms with E-state index in [2.05, 4.69) is 0 Å². The predicted octanol–water partition coefficient (Wildman–Crippen LogP) is 2.56. The number of rotatable bonds is 3. The maximum Gasteiger partial charge on any atom is 0.262 e. The average Bonchev–Trinajstić information content (AvgIpc) is 2.78. The highest BCUT2D eigenvalue weighted by atomic mass is 16.2. The zero-order valence-corrected chi connectivity index (χ0v) is 13.9. The van der Waals surface area contributed by atoms with Gasteiger partial charge in [-0.05, 0) is 43.7 Å². The van der Waals surface area contributed by atoms with Gasteiger partial charge in [0.1, 0.15) is 6.54 Å². The van der Waals surface area contributed by atoms with Gasteiger partial charge < -0.3 is 4.90 Å². The molecule has 0 radical (unpaired) electrons. The van der Waals surface area contributed by atoms with E-state index in [4.69, 9.17) is 0 Å². The highest BCUT2D eigenvalue weighted by molar-refractivity contribution is 6.22. The van der Waals surface area contributed by atoms with Crippen molar-refractivity contribution in [2.45, 2.75) is 13.8 Å². The lowest BCUT2D eigenvalue weighted by molar-refractivity contribution is -0.118. The van der Waals surface area contributed by atoms with Crippen LogP contribution in [0.3, 0.4) is 0 Å². The molecular weight excluding hydrogens is 304 g/mol. The van der Waals surface area contributed by atoms with Crippen LogP contribution in [0, 0.1) is 13.8 Å². The number of imide groups is 1. The Morgan fingerprint density at radius 1 is 0.958 bits per heavy atom. The van der Waals surface area contributed by atoms with Crippen LogP contribution in [0.1, 0.15) is 31.8 Å². The number of anilines is 1. The van der Waals surface area contributed by atoms with Gasteiger partial charge in [-0.2, -0.15) is 0 Å². The molecule has 2 aromatic carbocycles. The second kappa shape index (κ2) is 5.92. The second-order valence-corrected chi connectivity index (χ2v) is 6.04. The zero-order valence-electron chi connectivity index (χ0n) is 13.9. The summed E-state index contributed by atoms with van der Waals surface area (Å²) in [6.07, 6.45) is 0. The fourth-order valence-electron chi connectivity index (χ4n) is 2.77. The molecule has 122 valence electrons. The Labute approximate surface area is 140 Å². The number of carbonyl (C=O) groups excluding carboxylic acids is 3. The summed E-state index contributed by atoms with van der Waals surface area (Å²) in [4.78, 5) is 39.8. The Kier molecular flexibility index (Phi) is 3.93. The number of benzene rings is 2. The molecule has 0 N–H and O–H groups in total. The van der Waals surface area contributed by atoms with Crippen molar-refractivity contribution in [3.63, 3.8) is 0 Å². The van der Waals surface area contributed by atoms with Crippen LogP contribution in [0.25, 0.3) is 0 Å². The smallest absolute Gasteiger partial charge is 0.262 e. The summed E-state index contributed by atoms with van der Waals surface area (Å²) < 4.78 is 0. The van der Waals surface area contributed by atoms with Gasteiger partial charge in [0.2, 0.25) is 5.91 Å². The molecule has 24 heavy (non-hydrogen) atoms. The van der Waals surface area contributed by atoms with Crippen molar-refractivity contribution in [1.82, 2.24) is 4.90 Å². The first-order chi connectivity index (χ1) is 11.4. The minimum atomic E-state index is -0.416. The van der Waals surface area contributed by atoms with Gasteiger partial charge in [0.25, 0.3) is 11.8 Å². The van der Waals surface area contributed by atoms with Crippen LogP contribution < -0.4 is 4.90 Å². The van der Waals surface area contributed by atoms with Gasteiger partial charge in [-0.1, -0.05) is 23.8 Å². The summed E-state index contributed by atoms with van der Waals surface area (Å²) in [5, 5.41) is 0. The molecule has 0 saturated carbocycles. The van der Waals surface area contributed by atoms with E-state index in [-0.39, 0.29) is 12.5 Å². The van der Waals surface area contributed by atoms with Crippen molar-refractivity contribution in [3.05, 3.63) is 64.7 Å². The first-order valence-corrected chi connectivity index (χ1v) is 7.68. The number of amides is 3. The summed E-state index contributed by atoms with van der Waals surface area (Å²) in [7, 11) is 1.64. The largest absolute Gasteiger partial charge is 0.314 e. The topological polar surface area (TPSA) is 57.7 Å². The number of nitrogens with zero attached hydrogens (tertiary/aromatic N) is 2. The van der Waals surface area contributed by atoms with E-state index in [1.807, 2.05) is 38.1 Å². The standard InChI is InChI=1S/C19H18N2O3/c1-12-5-4-6-14(9-12)20(3)17(22)11-21-18(23)15-8-7-13(2)10-16(15)19(21)24/h4-10H,11H2,1-3H3. The Balaban J connectivity index is 1.80. The molecule has 2 aromatic rings. The lowest BCUT2D eigenvalue weighted by Gasteiger charge is -2.21. The molecular formula is C19H18N2O3. The molecule has 1 aliphatic heterocycles. The summed E-state index contributed by atoms with van der Waals surface area (Å²) in [6.45, 7) is 3.53. The number of hydrogen-bond donors (Lipinski definition) is 0. The maximum atomic E-state index is 12.5. The third kappa shape index (κ3) is 2.69. The van der Waals surface area contributed by atoms with Gasteiger partial charge in [0.05, 0.1) is 11.1 Å². The van der Waals surface area contributed by atoms with Crippen LogP contribution in [0.15, 0.2) is 42.5 Å². The molecule has 3 rings (SSSR count). The molecule has 0 saturated heterocycles. The normalized spacial score (nSPS) is 13.2. The van der Waals surface area contributed by atoms with Gasteiger partial charge in [-0.25, -0.2) is 0 Å². The number of hydrogen-bond acceptors (Lipinski definition) is 3. The zero-order chi connectivity index (χ0) is 17.4. The average molecular weight is 322 g/mol.